The van der Waals surface area contributed by atoms with Crippen LogP contribution in [0.5, 0.6) is 0 Å². The zero-order valence-electron chi connectivity index (χ0n) is 32.4. The van der Waals surface area contributed by atoms with Crippen LogP contribution in [-0.2, 0) is 42.7 Å². The number of esters is 3. The molecule has 2 aromatic carbocycles. The second-order valence-electron chi connectivity index (χ2n) is 17.9. The molecular formula is C44H50O13. The first-order valence-electron chi connectivity index (χ1n) is 20.4. The molecule has 304 valence electrons. The highest BCUT2D eigenvalue weighted by Gasteiger charge is 2.94. The molecule has 2 N–H and O–H groups in total. The van der Waals surface area contributed by atoms with E-state index in [4.69, 9.17) is 37.9 Å². The average molecular weight is 787 g/mol. The molecule has 2 aliphatic carbocycles. The second-order valence-corrected chi connectivity index (χ2v) is 17.9. The molecule has 3 spiro atoms. The number of aliphatic hydroxyl groups excluding tert-OH is 2. The van der Waals surface area contributed by atoms with E-state index in [0.29, 0.717) is 42.4 Å². The Balaban J connectivity index is 1.15. The third-order valence-corrected chi connectivity index (χ3v) is 14.8. The second kappa shape index (κ2) is 12.7. The van der Waals surface area contributed by atoms with Gasteiger partial charge in [0, 0.05) is 37.0 Å². The molecule has 2 aromatic rings. The van der Waals surface area contributed by atoms with Gasteiger partial charge in [0.2, 0.25) is 11.4 Å². The van der Waals surface area contributed by atoms with Crippen molar-refractivity contribution < 1.29 is 62.5 Å². The third-order valence-electron chi connectivity index (χ3n) is 14.8. The van der Waals surface area contributed by atoms with E-state index in [1.165, 1.54) is 0 Å². The largest absolute Gasteiger partial charge is 0.462 e. The molecule has 10 rings (SSSR count). The Kier molecular flexibility index (Phi) is 8.34. The molecule has 6 heterocycles. The van der Waals surface area contributed by atoms with Gasteiger partial charge < -0.3 is 48.1 Å². The van der Waals surface area contributed by atoms with Crippen LogP contribution in [0.2, 0.25) is 0 Å². The molecule has 8 aliphatic rings. The van der Waals surface area contributed by atoms with Gasteiger partial charge in [0.05, 0.1) is 29.9 Å². The van der Waals surface area contributed by atoms with Gasteiger partial charge >= 0.3 is 17.9 Å². The lowest BCUT2D eigenvalue weighted by Crippen LogP contribution is -2.76. The van der Waals surface area contributed by atoms with Crippen molar-refractivity contribution in [3.63, 3.8) is 0 Å². The first-order chi connectivity index (χ1) is 27.3. The molecular weight excluding hydrogens is 736 g/mol. The van der Waals surface area contributed by atoms with Crippen molar-refractivity contribution in [1.82, 2.24) is 0 Å². The lowest BCUT2D eigenvalue weighted by Gasteiger charge is -2.62. The van der Waals surface area contributed by atoms with Gasteiger partial charge in [-0.25, -0.2) is 14.4 Å². The van der Waals surface area contributed by atoms with Crippen molar-refractivity contribution in [1.29, 1.82) is 0 Å². The van der Waals surface area contributed by atoms with Crippen molar-refractivity contribution in [3.8, 4) is 0 Å². The summed E-state index contributed by atoms with van der Waals surface area (Å²) < 4.78 is 53.6. The number of hydrogen-bond donors (Lipinski definition) is 2. The first kappa shape index (κ1) is 37.6. The quantitative estimate of drug-likeness (QED) is 0.173. The predicted molar refractivity (Wildman–Crippen MR) is 197 cm³/mol. The summed E-state index contributed by atoms with van der Waals surface area (Å²) in [5, 5.41) is 23.8. The van der Waals surface area contributed by atoms with Gasteiger partial charge in [0.25, 0.3) is 5.97 Å². The number of benzene rings is 2. The normalized spacial score (nSPS) is 47.3. The molecule has 5 bridgehead atoms. The lowest BCUT2D eigenvalue weighted by molar-refractivity contribution is -0.436. The van der Waals surface area contributed by atoms with Crippen LogP contribution in [0.4, 0.5) is 0 Å². The maximum absolute atomic E-state index is 14.7. The van der Waals surface area contributed by atoms with Crippen LogP contribution >= 0.6 is 0 Å². The summed E-state index contributed by atoms with van der Waals surface area (Å²) in [5.74, 6) is -8.30. The molecule has 57 heavy (non-hydrogen) atoms. The number of carbonyl (C=O) groups is 3. The summed E-state index contributed by atoms with van der Waals surface area (Å²) in [6.07, 6.45) is -0.122. The van der Waals surface area contributed by atoms with Crippen LogP contribution in [0.3, 0.4) is 0 Å². The smallest absolute Gasteiger partial charge is 0.344 e. The first-order valence-corrected chi connectivity index (χ1v) is 20.4. The molecule has 13 heteroatoms. The minimum atomic E-state index is -2.07. The summed E-state index contributed by atoms with van der Waals surface area (Å²) in [4.78, 5) is 41.9. The van der Waals surface area contributed by atoms with Crippen LogP contribution < -0.4 is 0 Å². The fourth-order valence-corrected chi connectivity index (χ4v) is 12.5. The van der Waals surface area contributed by atoms with Crippen LogP contribution in [-0.4, -0.2) is 99.9 Å². The van der Waals surface area contributed by atoms with Crippen molar-refractivity contribution in [2.45, 2.75) is 124 Å². The fraction of sp³-hybridized carbons (Fsp3) is 0.614. The summed E-state index contributed by atoms with van der Waals surface area (Å²) >= 11 is 0. The van der Waals surface area contributed by atoms with Gasteiger partial charge in [0.15, 0.2) is 0 Å². The van der Waals surface area contributed by atoms with Gasteiger partial charge in [-0.15, -0.1) is 0 Å². The number of fused-ring (bicyclic) bond motifs is 3. The Morgan fingerprint density at radius 2 is 1.61 bits per heavy atom. The van der Waals surface area contributed by atoms with Crippen LogP contribution in [0.15, 0.2) is 72.8 Å². The van der Waals surface area contributed by atoms with E-state index >= 15 is 0 Å². The predicted octanol–water partition coefficient (Wildman–Crippen LogP) is 4.63. The zero-order valence-corrected chi connectivity index (χ0v) is 32.4. The van der Waals surface area contributed by atoms with Crippen molar-refractivity contribution in [2.75, 3.05) is 13.2 Å². The Bertz CT molecular complexity index is 1990. The molecule has 0 amide bonds. The molecule has 6 saturated heterocycles. The molecule has 15 atom stereocenters. The van der Waals surface area contributed by atoms with E-state index in [1.54, 1.807) is 55.5 Å². The third kappa shape index (κ3) is 4.96. The number of rotatable bonds is 7. The number of ether oxygens (including phenoxy) is 8. The Morgan fingerprint density at radius 1 is 0.912 bits per heavy atom. The molecule has 2 saturated carbocycles. The maximum atomic E-state index is 14.7. The zero-order chi connectivity index (χ0) is 39.8. The van der Waals surface area contributed by atoms with E-state index in [-0.39, 0.29) is 18.9 Å². The summed E-state index contributed by atoms with van der Waals surface area (Å²) in [5.41, 5.74) is -4.79. The Hall–Kier alpha value is -3.69. The molecule has 8 fully saturated rings. The summed E-state index contributed by atoms with van der Waals surface area (Å²) in [6, 6.07) is 17.6. The van der Waals surface area contributed by atoms with E-state index in [2.05, 4.69) is 6.58 Å². The van der Waals surface area contributed by atoms with E-state index in [9.17, 15) is 24.6 Å². The van der Waals surface area contributed by atoms with Crippen LogP contribution in [0.25, 0.3) is 0 Å². The monoisotopic (exact) mass is 786 g/mol. The number of carbonyl (C=O) groups excluding carboxylic acids is 3. The molecule has 1 unspecified atom stereocenters. The van der Waals surface area contributed by atoms with Crippen molar-refractivity contribution in [2.24, 2.45) is 29.6 Å². The molecule has 0 radical (unpaired) electrons. The molecule has 0 aromatic heterocycles. The SMILES string of the molecule is C=C(C)[C@]12C[C@@H](COC(=O)c3ccccc3)[C@]34OC5(CCCCC[C@@H](OC(=O)c6ccccc6)C[C@@H](C)[C@@H]6[C@@H]3[C@]3(O[C@]6(C)OC3=O)[C@H](O)[C@@]3(CO)O[C@H]3[C@H]4[C@H]1O5)O2. The number of hydrogen-bond acceptors (Lipinski definition) is 13. The van der Waals surface area contributed by atoms with Gasteiger partial charge in [-0.1, -0.05) is 56.3 Å². The fourth-order valence-electron chi connectivity index (χ4n) is 12.5. The Morgan fingerprint density at radius 3 is 2.30 bits per heavy atom. The van der Waals surface area contributed by atoms with Gasteiger partial charge in [0.1, 0.15) is 35.6 Å². The summed E-state index contributed by atoms with van der Waals surface area (Å²) in [7, 11) is 0. The standard InChI is InChI=1S/C44H50O13/c1-24(2)40-21-28(22-50-35(46)26-14-8-5-9-15-26)43-31-33(40)53-42(56-40,57-43)19-13-7-12-18-29(51-36(47)27-16-10-6-11-17-27)20-25(3)30-32(43)44(38(49)54-39(30,4)55-44)37(48)41(23-45)34(31)52-41/h5-6,8-11,14-17,25,28-34,37,45,48H,1,7,12-13,18-23H2,2-4H3/t25-,28+,29-,30-,31-,32+,33-,34+,37-,39+,40-,41+,42?,43-,44+/m1/s1. The average Bonchev–Trinajstić information content (AvgIpc) is 3.71. The van der Waals surface area contributed by atoms with E-state index in [1.807, 2.05) is 26.0 Å². The van der Waals surface area contributed by atoms with Gasteiger partial charge in [-0.05, 0) is 74.8 Å². The maximum Gasteiger partial charge on any atom is 0.344 e. The van der Waals surface area contributed by atoms with Gasteiger partial charge in [-0.3, -0.25) is 0 Å². The van der Waals surface area contributed by atoms with Crippen LogP contribution in [0.1, 0.15) is 86.4 Å². The highest BCUT2D eigenvalue weighted by Crippen LogP contribution is 2.77. The highest BCUT2D eigenvalue weighted by molar-refractivity contribution is 5.90. The van der Waals surface area contributed by atoms with Crippen molar-refractivity contribution >= 4 is 17.9 Å². The van der Waals surface area contributed by atoms with E-state index < -0.39 is 107 Å². The topological polar surface area (TPSA) is 169 Å². The van der Waals surface area contributed by atoms with E-state index in [0.717, 1.165) is 12.8 Å². The Labute approximate surface area is 330 Å². The molecule has 6 aliphatic heterocycles. The minimum Gasteiger partial charge on any atom is -0.462 e. The van der Waals surface area contributed by atoms with Crippen LogP contribution in [0, 0.1) is 29.6 Å². The number of aliphatic hydroxyl groups is 2. The molecule has 13 nitrogen and oxygen atoms in total. The van der Waals surface area contributed by atoms with Crippen molar-refractivity contribution in [3.05, 3.63) is 83.9 Å². The highest BCUT2D eigenvalue weighted by atomic mass is 16.9. The minimum absolute atomic E-state index is 0.142. The van der Waals surface area contributed by atoms with Gasteiger partial charge in [-0.2, -0.15) is 0 Å². The summed E-state index contributed by atoms with van der Waals surface area (Å²) in [6.45, 7) is 9.27. The lowest BCUT2D eigenvalue weighted by atomic mass is 9.50. The number of epoxide rings is 1.